The Labute approximate surface area is 148 Å². The molecule has 0 aliphatic carbocycles. The molecule has 1 N–H and O–H groups in total. The van der Waals surface area contributed by atoms with Crippen LogP contribution in [0.1, 0.15) is 36.6 Å². The summed E-state index contributed by atoms with van der Waals surface area (Å²) in [6.45, 7) is 3.70. The Hall–Kier alpha value is -2.88. The molecule has 1 atom stereocenters. The van der Waals surface area contributed by atoms with Crippen LogP contribution in [0.4, 0.5) is 0 Å². The van der Waals surface area contributed by atoms with Gasteiger partial charge in [-0.05, 0) is 36.1 Å². The van der Waals surface area contributed by atoms with Crippen molar-refractivity contribution in [2.24, 2.45) is 0 Å². The number of hydrogen-bond acceptors (Lipinski definition) is 3. The summed E-state index contributed by atoms with van der Waals surface area (Å²) in [4.78, 5) is 23.6. The maximum Gasteiger partial charge on any atom is 0.331 e. The average molecular weight is 337 g/mol. The van der Waals surface area contributed by atoms with E-state index in [2.05, 4.69) is 12.2 Å². The van der Waals surface area contributed by atoms with Gasteiger partial charge in [0.15, 0.2) is 6.61 Å². The van der Waals surface area contributed by atoms with Crippen molar-refractivity contribution in [2.75, 3.05) is 6.61 Å². The molecule has 0 aromatic heterocycles. The number of esters is 1. The van der Waals surface area contributed by atoms with E-state index in [0.717, 1.165) is 17.5 Å². The summed E-state index contributed by atoms with van der Waals surface area (Å²) >= 11 is 0. The van der Waals surface area contributed by atoms with Crippen LogP contribution in [0, 0.1) is 0 Å². The first-order chi connectivity index (χ1) is 12.1. The highest BCUT2D eigenvalue weighted by Crippen LogP contribution is 2.13. The fourth-order valence-electron chi connectivity index (χ4n) is 2.32. The topological polar surface area (TPSA) is 55.4 Å². The lowest BCUT2D eigenvalue weighted by Crippen LogP contribution is -2.30. The van der Waals surface area contributed by atoms with Crippen molar-refractivity contribution in [3.63, 3.8) is 0 Å². The fourth-order valence-corrected chi connectivity index (χ4v) is 2.32. The Morgan fingerprint density at radius 1 is 1.08 bits per heavy atom. The Bertz CT molecular complexity index is 721. The van der Waals surface area contributed by atoms with Crippen LogP contribution in [0.5, 0.6) is 0 Å². The number of amides is 1. The lowest BCUT2D eigenvalue weighted by molar-refractivity contribution is -0.144. The van der Waals surface area contributed by atoms with Crippen molar-refractivity contribution in [3.05, 3.63) is 77.4 Å². The van der Waals surface area contributed by atoms with Gasteiger partial charge in [0.05, 0.1) is 6.04 Å². The molecule has 4 nitrogen and oxygen atoms in total. The standard InChI is InChI=1S/C21H23NO3/c1-3-17-9-12-19(13-10-17)16(2)22-20(23)15-25-21(24)14-11-18-7-5-4-6-8-18/h4-14,16H,3,15H2,1-2H3,(H,22,23)/b14-11+/t16-/m0/s1. The summed E-state index contributed by atoms with van der Waals surface area (Å²) in [5.74, 6) is -0.868. The van der Waals surface area contributed by atoms with Crippen LogP contribution in [-0.2, 0) is 20.7 Å². The maximum absolute atomic E-state index is 11.9. The maximum atomic E-state index is 11.9. The van der Waals surface area contributed by atoms with Crippen LogP contribution < -0.4 is 5.32 Å². The molecule has 0 unspecified atom stereocenters. The van der Waals surface area contributed by atoms with Gasteiger partial charge in [-0.15, -0.1) is 0 Å². The van der Waals surface area contributed by atoms with Gasteiger partial charge >= 0.3 is 5.97 Å². The summed E-state index contributed by atoms with van der Waals surface area (Å²) in [6, 6.07) is 17.4. The van der Waals surface area contributed by atoms with Crippen LogP contribution in [0.2, 0.25) is 0 Å². The zero-order chi connectivity index (χ0) is 18.1. The van der Waals surface area contributed by atoms with Crippen molar-refractivity contribution < 1.29 is 14.3 Å². The van der Waals surface area contributed by atoms with E-state index in [1.165, 1.54) is 11.6 Å². The molecule has 130 valence electrons. The molecule has 0 aliphatic rings. The fraction of sp³-hybridized carbons (Fsp3) is 0.238. The van der Waals surface area contributed by atoms with Crippen molar-refractivity contribution in [3.8, 4) is 0 Å². The molecule has 25 heavy (non-hydrogen) atoms. The molecule has 2 rings (SSSR count). The van der Waals surface area contributed by atoms with Gasteiger partial charge in [0.1, 0.15) is 0 Å². The number of ether oxygens (including phenoxy) is 1. The van der Waals surface area contributed by atoms with Crippen LogP contribution in [0.3, 0.4) is 0 Å². The number of carbonyl (C=O) groups excluding carboxylic acids is 2. The number of rotatable bonds is 7. The third kappa shape index (κ3) is 6.26. The van der Waals surface area contributed by atoms with Gasteiger partial charge in [0, 0.05) is 6.08 Å². The normalized spacial score (nSPS) is 11.9. The van der Waals surface area contributed by atoms with Crippen LogP contribution >= 0.6 is 0 Å². The smallest absolute Gasteiger partial charge is 0.331 e. The van der Waals surface area contributed by atoms with E-state index in [0.29, 0.717) is 0 Å². The molecule has 0 radical (unpaired) electrons. The molecular weight excluding hydrogens is 314 g/mol. The SMILES string of the molecule is CCc1ccc([C@H](C)NC(=O)COC(=O)/C=C/c2ccccc2)cc1. The van der Waals surface area contributed by atoms with E-state index in [4.69, 9.17) is 4.74 Å². The predicted octanol–water partition coefficient (Wildman–Crippen LogP) is 3.68. The molecule has 2 aromatic carbocycles. The van der Waals surface area contributed by atoms with Crippen molar-refractivity contribution >= 4 is 18.0 Å². The minimum atomic E-state index is -0.543. The van der Waals surface area contributed by atoms with E-state index in [9.17, 15) is 9.59 Å². The van der Waals surface area contributed by atoms with Crippen molar-refractivity contribution in [1.29, 1.82) is 0 Å². The molecular formula is C21H23NO3. The van der Waals surface area contributed by atoms with Crippen molar-refractivity contribution in [1.82, 2.24) is 5.32 Å². The van der Waals surface area contributed by atoms with Gasteiger partial charge in [-0.2, -0.15) is 0 Å². The van der Waals surface area contributed by atoms with Gasteiger partial charge in [0.2, 0.25) is 0 Å². The van der Waals surface area contributed by atoms with Crippen molar-refractivity contribution in [2.45, 2.75) is 26.3 Å². The van der Waals surface area contributed by atoms with Gasteiger partial charge < -0.3 is 10.1 Å². The Morgan fingerprint density at radius 2 is 1.76 bits per heavy atom. The highest BCUT2D eigenvalue weighted by molar-refractivity contribution is 5.89. The molecule has 0 saturated carbocycles. The van der Waals surface area contributed by atoms with E-state index in [1.54, 1.807) is 6.08 Å². The second-order valence-corrected chi connectivity index (χ2v) is 5.74. The molecule has 0 saturated heterocycles. The highest BCUT2D eigenvalue weighted by atomic mass is 16.5. The lowest BCUT2D eigenvalue weighted by Gasteiger charge is -2.14. The minimum Gasteiger partial charge on any atom is -0.452 e. The molecule has 0 aliphatic heterocycles. The molecule has 0 heterocycles. The third-order valence-corrected chi connectivity index (χ3v) is 3.82. The van der Waals surface area contributed by atoms with E-state index in [1.807, 2.05) is 61.5 Å². The average Bonchev–Trinajstić information content (AvgIpc) is 2.65. The Balaban J connectivity index is 1.77. The summed E-state index contributed by atoms with van der Waals surface area (Å²) in [5, 5.41) is 2.82. The number of nitrogens with one attached hydrogen (secondary N) is 1. The van der Waals surface area contributed by atoms with E-state index >= 15 is 0 Å². The van der Waals surface area contributed by atoms with Crippen LogP contribution in [-0.4, -0.2) is 18.5 Å². The molecule has 1 amide bonds. The first-order valence-electron chi connectivity index (χ1n) is 8.36. The quantitative estimate of drug-likeness (QED) is 0.619. The van der Waals surface area contributed by atoms with E-state index in [-0.39, 0.29) is 18.6 Å². The molecule has 0 fully saturated rings. The second kappa shape index (κ2) is 9.42. The second-order valence-electron chi connectivity index (χ2n) is 5.74. The summed E-state index contributed by atoms with van der Waals surface area (Å²) in [5.41, 5.74) is 3.16. The number of aryl methyl sites for hydroxylation is 1. The van der Waals surface area contributed by atoms with Gasteiger partial charge in [0.25, 0.3) is 5.91 Å². The number of benzene rings is 2. The predicted molar refractivity (Wildman–Crippen MR) is 98.8 cm³/mol. The lowest BCUT2D eigenvalue weighted by atomic mass is 10.1. The summed E-state index contributed by atoms with van der Waals surface area (Å²) in [7, 11) is 0. The first-order valence-corrected chi connectivity index (χ1v) is 8.36. The minimum absolute atomic E-state index is 0.142. The van der Waals surface area contributed by atoms with Gasteiger partial charge in [-0.1, -0.05) is 61.5 Å². The van der Waals surface area contributed by atoms with E-state index < -0.39 is 5.97 Å². The summed E-state index contributed by atoms with van der Waals surface area (Å²) < 4.78 is 4.96. The third-order valence-electron chi connectivity index (χ3n) is 3.82. The zero-order valence-corrected chi connectivity index (χ0v) is 14.6. The number of carbonyl (C=O) groups is 2. The number of hydrogen-bond donors (Lipinski definition) is 1. The Kier molecular flexibility index (Phi) is 6.96. The highest BCUT2D eigenvalue weighted by Gasteiger charge is 2.11. The van der Waals surface area contributed by atoms with Gasteiger partial charge in [-0.25, -0.2) is 4.79 Å². The zero-order valence-electron chi connectivity index (χ0n) is 14.6. The summed E-state index contributed by atoms with van der Waals surface area (Å²) in [6.07, 6.45) is 3.95. The molecule has 0 spiro atoms. The Morgan fingerprint density at radius 3 is 2.40 bits per heavy atom. The largest absolute Gasteiger partial charge is 0.452 e. The molecule has 2 aromatic rings. The monoisotopic (exact) mass is 337 g/mol. The molecule has 0 bridgehead atoms. The molecule has 4 heteroatoms. The first kappa shape index (κ1) is 18.5. The van der Waals surface area contributed by atoms with Crippen LogP contribution in [0.15, 0.2) is 60.7 Å². The van der Waals surface area contributed by atoms with Gasteiger partial charge in [-0.3, -0.25) is 4.79 Å². The van der Waals surface area contributed by atoms with Crippen LogP contribution in [0.25, 0.3) is 6.08 Å².